The molecule has 0 spiro atoms. The van der Waals surface area contributed by atoms with E-state index in [1.165, 1.54) is 18.9 Å². The zero-order valence-electron chi connectivity index (χ0n) is 9.86. The Balaban J connectivity index is 1.56. The van der Waals surface area contributed by atoms with Gasteiger partial charge in [0, 0.05) is 17.6 Å². The summed E-state index contributed by atoms with van der Waals surface area (Å²) in [7, 11) is 0. The summed E-state index contributed by atoms with van der Waals surface area (Å²) >= 11 is 0. The Morgan fingerprint density at radius 1 is 1.18 bits per heavy atom. The van der Waals surface area contributed by atoms with Gasteiger partial charge < -0.3 is 10.1 Å². The summed E-state index contributed by atoms with van der Waals surface area (Å²) in [5.74, 6) is -0.163. The van der Waals surface area contributed by atoms with E-state index in [0.717, 1.165) is 12.8 Å². The van der Waals surface area contributed by atoms with Crippen molar-refractivity contribution in [2.24, 2.45) is 0 Å². The third kappa shape index (κ3) is 2.50. The molecule has 0 aromatic heterocycles. The zero-order valence-corrected chi connectivity index (χ0v) is 9.86. The van der Waals surface area contributed by atoms with Gasteiger partial charge in [-0.2, -0.15) is 0 Å². The lowest BCUT2D eigenvalue weighted by Crippen LogP contribution is -2.41. The van der Waals surface area contributed by atoms with Crippen LogP contribution in [0.5, 0.6) is 0 Å². The summed E-state index contributed by atoms with van der Waals surface area (Å²) in [5.41, 5.74) is 0.665. The molecule has 0 amide bonds. The Kier molecular flexibility index (Phi) is 3.12. The van der Waals surface area contributed by atoms with Crippen LogP contribution in [0.15, 0.2) is 24.3 Å². The first-order valence-electron chi connectivity index (χ1n) is 6.42. The van der Waals surface area contributed by atoms with E-state index in [9.17, 15) is 4.39 Å². The van der Waals surface area contributed by atoms with Gasteiger partial charge in [0.1, 0.15) is 5.82 Å². The summed E-state index contributed by atoms with van der Waals surface area (Å²) in [6.45, 7) is 0.400. The largest absolute Gasteiger partial charge is 0.373 e. The van der Waals surface area contributed by atoms with Gasteiger partial charge in [-0.1, -0.05) is 18.2 Å². The van der Waals surface area contributed by atoms with E-state index in [-0.39, 0.29) is 5.82 Å². The number of benzene rings is 1. The first-order chi connectivity index (χ1) is 8.31. The summed E-state index contributed by atoms with van der Waals surface area (Å²) in [6, 6.07) is 8.10. The molecule has 0 saturated carbocycles. The lowest BCUT2D eigenvalue weighted by atomic mass is 10.0. The van der Waals surface area contributed by atoms with Gasteiger partial charge in [-0.05, 0) is 31.7 Å². The molecule has 0 aliphatic carbocycles. The molecule has 3 atom stereocenters. The molecule has 0 radical (unpaired) electrons. The van der Waals surface area contributed by atoms with Crippen LogP contribution in [0.4, 0.5) is 4.39 Å². The fourth-order valence-corrected chi connectivity index (χ4v) is 2.96. The summed E-state index contributed by atoms with van der Waals surface area (Å²) in [6.07, 6.45) is 4.98. The molecule has 3 rings (SSSR count). The smallest absolute Gasteiger partial charge is 0.128 e. The van der Waals surface area contributed by atoms with Crippen molar-refractivity contribution in [1.82, 2.24) is 5.32 Å². The second kappa shape index (κ2) is 4.75. The Bertz CT molecular complexity index is 384. The van der Waals surface area contributed by atoms with Crippen LogP contribution in [0.1, 0.15) is 31.2 Å². The molecule has 92 valence electrons. The Hall–Kier alpha value is -0.930. The van der Waals surface area contributed by atoms with E-state index in [4.69, 9.17) is 4.74 Å². The molecule has 2 fully saturated rings. The van der Waals surface area contributed by atoms with Crippen molar-refractivity contribution in [3.63, 3.8) is 0 Å². The Labute approximate surface area is 101 Å². The van der Waals surface area contributed by atoms with Crippen LogP contribution in [0.3, 0.4) is 0 Å². The average molecular weight is 235 g/mol. The predicted molar refractivity (Wildman–Crippen MR) is 64.2 cm³/mol. The van der Waals surface area contributed by atoms with Crippen LogP contribution in [-0.4, -0.2) is 18.2 Å². The van der Waals surface area contributed by atoms with Crippen molar-refractivity contribution in [1.29, 1.82) is 0 Å². The second-order valence-corrected chi connectivity index (χ2v) is 5.13. The molecule has 1 aromatic carbocycles. The van der Waals surface area contributed by atoms with Gasteiger partial charge in [-0.15, -0.1) is 0 Å². The molecule has 1 unspecified atom stereocenters. The highest BCUT2D eigenvalue weighted by Gasteiger charge is 2.33. The number of nitrogens with one attached hydrogen (secondary N) is 1. The first-order valence-corrected chi connectivity index (χ1v) is 6.42. The van der Waals surface area contributed by atoms with Gasteiger partial charge in [-0.25, -0.2) is 4.39 Å². The highest BCUT2D eigenvalue weighted by Crippen LogP contribution is 2.29. The maximum Gasteiger partial charge on any atom is 0.128 e. The molecule has 17 heavy (non-hydrogen) atoms. The fourth-order valence-electron chi connectivity index (χ4n) is 2.96. The van der Waals surface area contributed by atoms with Crippen LogP contribution in [0.2, 0.25) is 0 Å². The molecular formula is C14H18FNO. The van der Waals surface area contributed by atoms with Crippen LogP contribution >= 0.6 is 0 Å². The normalized spacial score (nSPS) is 31.7. The minimum Gasteiger partial charge on any atom is -0.373 e. The van der Waals surface area contributed by atoms with Gasteiger partial charge in [-0.3, -0.25) is 0 Å². The zero-order chi connectivity index (χ0) is 11.7. The Morgan fingerprint density at radius 3 is 2.59 bits per heavy atom. The topological polar surface area (TPSA) is 21.3 Å². The van der Waals surface area contributed by atoms with Crippen molar-refractivity contribution < 1.29 is 9.13 Å². The van der Waals surface area contributed by atoms with Crippen LogP contribution < -0.4 is 5.32 Å². The highest BCUT2D eigenvalue weighted by atomic mass is 19.1. The molecule has 2 bridgehead atoms. The summed E-state index contributed by atoms with van der Waals surface area (Å²) in [4.78, 5) is 0. The van der Waals surface area contributed by atoms with Gasteiger partial charge in [0.05, 0.1) is 12.7 Å². The van der Waals surface area contributed by atoms with Gasteiger partial charge >= 0.3 is 0 Å². The van der Waals surface area contributed by atoms with E-state index in [2.05, 4.69) is 5.32 Å². The molecule has 2 aliphatic rings. The number of fused-ring (bicyclic) bond motifs is 2. The van der Waals surface area contributed by atoms with E-state index >= 15 is 0 Å². The van der Waals surface area contributed by atoms with E-state index in [1.807, 2.05) is 6.07 Å². The average Bonchev–Trinajstić information content (AvgIpc) is 2.68. The number of rotatable bonds is 3. The van der Waals surface area contributed by atoms with Crippen molar-refractivity contribution in [2.75, 3.05) is 0 Å². The molecule has 2 heterocycles. The maximum atomic E-state index is 13.4. The van der Waals surface area contributed by atoms with Crippen molar-refractivity contribution >= 4 is 0 Å². The maximum absolute atomic E-state index is 13.4. The lowest BCUT2D eigenvalue weighted by molar-refractivity contribution is 0.00799. The van der Waals surface area contributed by atoms with E-state index in [1.54, 1.807) is 12.1 Å². The third-order valence-corrected chi connectivity index (χ3v) is 3.86. The molecular weight excluding hydrogens is 217 g/mol. The van der Waals surface area contributed by atoms with Crippen molar-refractivity contribution in [3.8, 4) is 0 Å². The van der Waals surface area contributed by atoms with Crippen molar-refractivity contribution in [3.05, 3.63) is 35.6 Å². The highest BCUT2D eigenvalue weighted by molar-refractivity contribution is 5.16. The molecule has 1 N–H and O–H groups in total. The number of hydrogen-bond acceptors (Lipinski definition) is 2. The lowest BCUT2D eigenvalue weighted by Gasteiger charge is -2.29. The molecule has 2 saturated heterocycles. The SMILES string of the molecule is Fc1ccccc1COC1C[C@H]2CC[C@@H](C1)N2. The predicted octanol–water partition coefficient (Wildman–Crippen LogP) is 2.63. The molecule has 2 aliphatic heterocycles. The van der Waals surface area contributed by atoms with Crippen molar-refractivity contribution in [2.45, 2.75) is 50.5 Å². The third-order valence-electron chi connectivity index (χ3n) is 3.86. The van der Waals surface area contributed by atoms with Crippen LogP contribution in [-0.2, 0) is 11.3 Å². The van der Waals surface area contributed by atoms with Gasteiger partial charge in [0.15, 0.2) is 0 Å². The second-order valence-electron chi connectivity index (χ2n) is 5.13. The van der Waals surface area contributed by atoms with Crippen LogP contribution in [0.25, 0.3) is 0 Å². The summed E-state index contributed by atoms with van der Waals surface area (Å²) < 4.78 is 19.3. The quantitative estimate of drug-likeness (QED) is 0.869. The standard InChI is InChI=1S/C14H18FNO/c15-14-4-2-1-3-10(14)9-17-13-7-11-5-6-12(8-13)16-11/h1-4,11-13,16H,5-9H2/t11-,12+,13?. The first kappa shape index (κ1) is 11.2. The van der Waals surface area contributed by atoms with Gasteiger partial charge in [0.2, 0.25) is 0 Å². The number of ether oxygens (including phenoxy) is 1. The Morgan fingerprint density at radius 2 is 1.88 bits per heavy atom. The number of hydrogen-bond donors (Lipinski definition) is 1. The molecule has 2 nitrogen and oxygen atoms in total. The number of piperidine rings is 1. The molecule has 1 aromatic rings. The van der Waals surface area contributed by atoms with E-state index < -0.39 is 0 Å². The number of halogens is 1. The molecule has 3 heteroatoms. The minimum atomic E-state index is -0.163. The monoisotopic (exact) mass is 235 g/mol. The fraction of sp³-hybridized carbons (Fsp3) is 0.571. The van der Waals surface area contributed by atoms with E-state index in [0.29, 0.717) is 30.4 Å². The summed E-state index contributed by atoms with van der Waals surface area (Å²) in [5, 5.41) is 3.58. The minimum absolute atomic E-state index is 0.163. The van der Waals surface area contributed by atoms with Crippen LogP contribution in [0, 0.1) is 5.82 Å². The van der Waals surface area contributed by atoms with Gasteiger partial charge in [0.25, 0.3) is 0 Å².